The van der Waals surface area contributed by atoms with Crippen LogP contribution in [0.2, 0.25) is 5.28 Å². The molecule has 4 aromatic rings. The third-order valence-corrected chi connectivity index (χ3v) is 5.22. The number of aromatic nitrogens is 2. The van der Waals surface area contributed by atoms with Crippen LogP contribution in [-0.2, 0) is 0 Å². The molecule has 2 aromatic heterocycles. The van der Waals surface area contributed by atoms with Crippen molar-refractivity contribution in [3.8, 4) is 10.4 Å². The first kappa shape index (κ1) is 16.7. The number of ketones is 1. The number of benzene rings is 2. The highest BCUT2D eigenvalue weighted by Gasteiger charge is 2.12. The molecule has 0 aliphatic heterocycles. The van der Waals surface area contributed by atoms with Crippen molar-refractivity contribution >= 4 is 50.4 Å². The zero-order valence-electron chi connectivity index (χ0n) is 13.9. The number of anilines is 2. The number of carbonyl (C=O) groups is 1. The van der Waals surface area contributed by atoms with Gasteiger partial charge in [-0.2, -0.15) is 4.98 Å². The minimum atomic E-state index is 0.0364. The van der Waals surface area contributed by atoms with Gasteiger partial charge >= 0.3 is 0 Å². The monoisotopic (exact) mass is 379 g/mol. The SMILES string of the molecule is CC(=O)c1ccc(Nc2nc(Cl)nc3sc(-c4ccccc4)cc23)cc1. The van der Waals surface area contributed by atoms with E-state index in [9.17, 15) is 4.79 Å². The first-order chi connectivity index (χ1) is 12.6. The number of thiophene rings is 1. The highest BCUT2D eigenvalue weighted by atomic mass is 35.5. The molecule has 2 aromatic carbocycles. The maximum absolute atomic E-state index is 11.4. The van der Waals surface area contributed by atoms with Gasteiger partial charge in [-0.1, -0.05) is 30.3 Å². The summed E-state index contributed by atoms with van der Waals surface area (Å²) < 4.78 is 0. The first-order valence-electron chi connectivity index (χ1n) is 8.01. The highest BCUT2D eigenvalue weighted by molar-refractivity contribution is 7.22. The van der Waals surface area contributed by atoms with E-state index in [1.165, 1.54) is 0 Å². The molecule has 0 saturated carbocycles. The summed E-state index contributed by atoms with van der Waals surface area (Å²) in [5.74, 6) is 0.684. The van der Waals surface area contributed by atoms with E-state index in [-0.39, 0.29) is 11.1 Å². The largest absolute Gasteiger partial charge is 0.340 e. The van der Waals surface area contributed by atoms with E-state index in [4.69, 9.17) is 11.6 Å². The zero-order valence-corrected chi connectivity index (χ0v) is 15.4. The second-order valence-corrected chi connectivity index (χ2v) is 7.16. The minimum Gasteiger partial charge on any atom is -0.340 e. The Morgan fingerprint density at radius 1 is 1.04 bits per heavy atom. The lowest BCUT2D eigenvalue weighted by Gasteiger charge is -2.07. The van der Waals surface area contributed by atoms with Crippen LogP contribution < -0.4 is 5.32 Å². The molecule has 6 heteroatoms. The van der Waals surface area contributed by atoms with Crippen LogP contribution in [0.5, 0.6) is 0 Å². The van der Waals surface area contributed by atoms with Crippen molar-refractivity contribution in [2.24, 2.45) is 0 Å². The molecule has 0 aliphatic carbocycles. The third kappa shape index (κ3) is 3.31. The fourth-order valence-corrected chi connectivity index (χ4v) is 3.92. The lowest BCUT2D eigenvalue weighted by molar-refractivity contribution is 0.101. The molecule has 0 radical (unpaired) electrons. The number of Topliss-reactive ketones (excluding diaryl/α,β-unsaturated/α-hetero) is 1. The summed E-state index contributed by atoms with van der Waals surface area (Å²) in [5, 5.41) is 4.39. The zero-order chi connectivity index (χ0) is 18.1. The average molecular weight is 380 g/mol. The second kappa shape index (κ2) is 6.86. The average Bonchev–Trinajstić information content (AvgIpc) is 3.07. The maximum Gasteiger partial charge on any atom is 0.225 e. The number of carbonyl (C=O) groups excluding carboxylic acids is 1. The molecule has 0 bridgehead atoms. The van der Waals surface area contributed by atoms with Gasteiger partial charge in [-0.05, 0) is 54.4 Å². The molecule has 0 atom stereocenters. The summed E-state index contributed by atoms with van der Waals surface area (Å²) in [5.41, 5.74) is 2.63. The van der Waals surface area contributed by atoms with Gasteiger partial charge in [0.05, 0.1) is 5.39 Å². The van der Waals surface area contributed by atoms with Gasteiger partial charge in [0.15, 0.2) is 5.78 Å². The smallest absolute Gasteiger partial charge is 0.225 e. The lowest BCUT2D eigenvalue weighted by atomic mass is 10.1. The molecule has 0 unspecified atom stereocenters. The molecule has 0 amide bonds. The minimum absolute atomic E-state index is 0.0364. The number of nitrogens with one attached hydrogen (secondary N) is 1. The molecule has 26 heavy (non-hydrogen) atoms. The van der Waals surface area contributed by atoms with Crippen LogP contribution in [0.1, 0.15) is 17.3 Å². The Morgan fingerprint density at radius 3 is 2.46 bits per heavy atom. The normalized spacial score (nSPS) is 10.8. The van der Waals surface area contributed by atoms with E-state index in [2.05, 4.69) is 33.5 Å². The molecular formula is C20H14ClN3OS. The van der Waals surface area contributed by atoms with Crippen molar-refractivity contribution in [2.75, 3.05) is 5.32 Å². The van der Waals surface area contributed by atoms with Gasteiger partial charge < -0.3 is 5.32 Å². The molecule has 0 spiro atoms. The van der Waals surface area contributed by atoms with Crippen molar-refractivity contribution in [1.82, 2.24) is 9.97 Å². The Balaban J connectivity index is 1.74. The number of hydrogen-bond donors (Lipinski definition) is 1. The third-order valence-electron chi connectivity index (χ3n) is 3.98. The van der Waals surface area contributed by atoms with Gasteiger partial charge in [0.25, 0.3) is 0 Å². The molecular weight excluding hydrogens is 366 g/mol. The van der Waals surface area contributed by atoms with E-state index < -0.39 is 0 Å². The van der Waals surface area contributed by atoms with Gasteiger partial charge in [-0.3, -0.25) is 4.79 Å². The number of halogens is 1. The molecule has 4 rings (SSSR count). The summed E-state index contributed by atoms with van der Waals surface area (Å²) in [4.78, 5) is 22.0. The van der Waals surface area contributed by atoms with E-state index in [0.29, 0.717) is 11.4 Å². The topological polar surface area (TPSA) is 54.9 Å². The number of fused-ring (bicyclic) bond motifs is 1. The van der Waals surface area contributed by atoms with Crippen molar-refractivity contribution in [2.45, 2.75) is 6.92 Å². The summed E-state index contributed by atoms with van der Waals surface area (Å²) >= 11 is 7.69. The molecule has 4 nitrogen and oxygen atoms in total. The van der Waals surface area contributed by atoms with Crippen molar-refractivity contribution in [3.05, 3.63) is 71.5 Å². The summed E-state index contributed by atoms with van der Waals surface area (Å²) in [6.45, 7) is 1.55. The van der Waals surface area contributed by atoms with Gasteiger partial charge in [0.2, 0.25) is 5.28 Å². The number of hydrogen-bond acceptors (Lipinski definition) is 5. The van der Waals surface area contributed by atoms with Crippen molar-refractivity contribution < 1.29 is 4.79 Å². The van der Waals surface area contributed by atoms with E-state index in [0.717, 1.165) is 26.3 Å². The first-order valence-corrected chi connectivity index (χ1v) is 9.20. The van der Waals surface area contributed by atoms with Crippen LogP contribution in [0.15, 0.2) is 60.7 Å². The standard InChI is InChI=1S/C20H14ClN3OS/c1-12(25)13-7-9-15(10-8-13)22-18-16-11-17(14-5-3-2-4-6-14)26-19(16)24-20(21)23-18/h2-11H,1H3,(H,22,23,24). The van der Waals surface area contributed by atoms with Crippen LogP contribution in [0, 0.1) is 0 Å². The Labute approximate surface area is 159 Å². The van der Waals surface area contributed by atoms with Gasteiger partial charge in [-0.15, -0.1) is 11.3 Å². The van der Waals surface area contributed by atoms with E-state index in [1.54, 1.807) is 30.4 Å². The predicted molar refractivity (Wildman–Crippen MR) is 108 cm³/mol. The fourth-order valence-electron chi connectivity index (χ4n) is 2.66. The molecule has 0 aliphatic rings. The second-order valence-electron chi connectivity index (χ2n) is 5.80. The molecule has 128 valence electrons. The predicted octanol–water partition coefficient (Wildman–Crippen LogP) is 5.96. The molecule has 0 fully saturated rings. The van der Waals surface area contributed by atoms with Crippen molar-refractivity contribution in [3.63, 3.8) is 0 Å². The van der Waals surface area contributed by atoms with Crippen LogP contribution >= 0.6 is 22.9 Å². The van der Waals surface area contributed by atoms with Crippen LogP contribution in [-0.4, -0.2) is 15.8 Å². The van der Waals surface area contributed by atoms with E-state index >= 15 is 0 Å². The Kier molecular flexibility index (Phi) is 4.41. The lowest BCUT2D eigenvalue weighted by Crippen LogP contribution is -1.97. The van der Waals surface area contributed by atoms with Gasteiger partial charge in [0, 0.05) is 16.1 Å². The Hall–Kier alpha value is -2.76. The Morgan fingerprint density at radius 2 is 1.77 bits per heavy atom. The van der Waals surface area contributed by atoms with Crippen LogP contribution in [0.3, 0.4) is 0 Å². The molecule has 1 N–H and O–H groups in total. The van der Waals surface area contributed by atoms with Gasteiger partial charge in [-0.25, -0.2) is 4.98 Å². The molecule has 0 saturated heterocycles. The quantitative estimate of drug-likeness (QED) is 0.351. The number of rotatable bonds is 4. The van der Waals surface area contributed by atoms with Crippen molar-refractivity contribution in [1.29, 1.82) is 0 Å². The Bertz CT molecular complexity index is 1090. The molecule has 2 heterocycles. The van der Waals surface area contributed by atoms with E-state index in [1.807, 2.05) is 30.3 Å². The fraction of sp³-hybridized carbons (Fsp3) is 0.0500. The summed E-state index contributed by atoms with van der Waals surface area (Å²) in [6, 6.07) is 19.5. The highest BCUT2D eigenvalue weighted by Crippen LogP contribution is 2.36. The van der Waals surface area contributed by atoms with Crippen LogP contribution in [0.25, 0.3) is 20.7 Å². The van der Waals surface area contributed by atoms with Crippen LogP contribution in [0.4, 0.5) is 11.5 Å². The maximum atomic E-state index is 11.4. The number of nitrogens with zero attached hydrogens (tertiary/aromatic N) is 2. The summed E-state index contributed by atoms with van der Waals surface area (Å²) in [7, 11) is 0. The summed E-state index contributed by atoms with van der Waals surface area (Å²) in [6.07, 6.45) is 0. The van der Waals surface area contributed by atoms with Gasteiger partial charge in [0.1, 0.15) is 10.6 Å².